The van der Waals surface area contributed by atoms with Gasteiger partial charge in [0.05, 0.1) is 12.5 Å². The lowest BCUT2D eigenvalue weighted by Crippen LogP contribution is -2.30. The summed E-state index contributed by atoms with van der Waals surface area (Å²) in [5.41, 5.74) is 1.60. The van der Waals surface area contributed by atoms with Crippen molar-refractivity contribution in [1.82, 2.24) is 4.98 Å². The molecule has 1 aliphatic heterocycles. The summed E-state index contributed by atoms with van der Waals surface area (Å²) in [6.45, 7) is 8.77. The highest BCUT2D eigenvalue weighted by Gasteiger charge is 2.10. The number of hydrogen-bond donors (Lipinski definition) is 0. The molecule has 2 heterocycles. The van der Waals surface area contributed by atoms with E-state index in [2.05, 4.69) is 45.9 Å². The molecule has 0 atom stereocenters. The van der Waals surface area contributed by atoms with Crippen molar-refractivity contribution in [3.63, 3.8) is 0 Å². The average molecular weight is 447 g/mol. The quantitative estimate of drug-likeness (QED) is 0.398. The summed E-state index contributed by atoms with van der Waals surface area (Å²) in [4.78, 5) is 3.60. The van der Waals surface area contributed by atoms with Crippen LogP contribution in [0.1, 0.15) is 32.0 Å². The fraction of sp³-hybridized carbons (Fsp3) is 0.412. The van der Waals surface area contributed by atoms with Crippen LogP contribution in [0.15, 0.2) is 35.1 Å². The summed E-state index contributed by atoms with van der Waals surface area (Å²) in [7, 11) is -3.62. The highest BCUT2D eigenvalue weighted by molar-refractivity contribution is 9.10. The van der Waals surface area contributed by atoms with Crippen LogP contribution < -0.4 is 13.7 Å². The maximum atomic E-state index is 10.9. The number of benzene rings is 1. The van der Waals surface area contributed by atoms with Gasteiger partial charge in [0, 0.05) is 17.0 Å². The predicted octanol–water partition coefficient (Wildman–Crippen LogP) is 3.37. The molecule has 1 aromatic heterocycles. The number of aromatic nitrogens is 2. The van der Waals surface area contributed by atoms with Gasteiger partial charge in [0.15, 0.2) is 0 Å². The molecule has 0 saturated heterocycles. The summed E-state index contributed by atoms with van der Waals surface area (Å²) in [5, 5.41) is 10.9. The topological polar surface area (TPSA) is 92.4 Å². The zero-order valence-corrected chi connectivity index (χ0v) is 17.8. The smallest absolute Gasteiger partial charge is 0.307 e. The van der Waals surface area contributed by atoms with Crippen LogP contribution in [0, 0.1) is 18.0 Å². The van der Waals surface area contributed by atoms with E-state index in [0.717, 1.165) is 35.2 Å². The van der Waals surface area contributed by atoms with Crippen molar-refractivity contribution in [2.24, 2.45) is 5.92 Å². The molecular formula is C17H23BrN2O5S. The minimum atomic E-state index is -3.62. The van der Waals surface area contributed by atoms with Crippen LogP contribution in [-0.2, 0) is 16.7 Å². The van der Waals surface area contributed by atoms with Gasteiger partial charge in [0.1, 0.15) is 12.4 Å². The van der Waals surface area contributed by atoms with E-state index in [9.17, 15) is 13.6 Å². The molecule has 0 spiro atoms. The molecule has 2 aromatic rings. The molecule has 26 heavy (non-hydrogen) atoms. The fourth-order valence-electron chi connectivity index (χ4n) is 1.56. The standard InChI is InChI=1S/C7H5BrO.C6H8N2O4S.C4H10/c8-7-2-1-6-3-5(7)4-9-6;1-5-3-7-6(4-8(5)9)12-13(2,10)11;1-4(2)3/h1-3H,4H2;3-4H,1-2H3;4H,1-3H3. The SMILES string of the molecule is Brc1ccc2cc1CO2.CC(C)C.Cc1cnc(OS(C)(=O)=O)c[n+]1[O-]. The molecule has 0 aliphatic carbocycles. The lowest BCUT2D eigenvalue weighted by atomic mass is 10.2. The van der Waals surface area contributed by atoms with Crippen LogP contribution >= 0.6 is 15.9 Å². The van der Waals surface area contributed by atoms with Gasteiger partial charge in [-0.1, -0.05) is 36.7 Å². The van der Waals surface area contributed by atoms with E-state index in [1.807, 2.05) is 18.2 Å². The lowest BCUT2D eigenvalue weighted by molar-refractivity contribution is -0.613. The molecule has 0 amide bonds. The molecule has 0 N–H and O–H groups in total. The van der Waals surface area contributed by atoms with Gasteiger partial charge in [-0.3, -0.25) is 0 Å². The van der Waals surface area contributed by atoms with E-state index in [1.165, 1.54) is 11.8 Å². The second-order valence-electron chi connectivity index (χ2n) is 6.25. The monoisotopic (exact) mass is 446 g/mol. The summed E-state index contributed by atoms with van der Waals surface area (Å²) in [6, 6.07) is 6.02. The summed E-state index contributed by atoms with van der Waals surface area (Å²) < 4.78 is 32.5. The van der Waals surface area contributed by atoms with E-state index >= 15 is 0 Å². The molecule has 0 fully saturated rings. The first kappa shape index (κ1) is 22.2. The number of aryl methyl sites for hydroxylation is 1. The maximum Gasteiger partial charge on any atom is 0.307 e. The van der Waals surface area contributed by atoms with E-state index < -0.39 is 10.1 Å². The van der Waals surface area contributed by atoms with Gasteiger partial charge in [0.2, 0.25) is 11.9 Å². The molecule has 9 heteroatoms. The molecule has 0 radical (unpaired) electrons. The largest absolute Gasteiger partial charge is 0.618 e. The first-order chi connectivity index (χ1) is 12.0. The maximum absolute atomic E-state index is 10.9. The van der Waals surface area contributed by atoms with Crippen molar-refractivity contribution in [3.8, 4) is 11.6 Å². The molecule has 3 rings (SSSR count). The van der Waals surface area contributed by atoms with Crippen LogP contribution in [0.5, 0.6) is 11.6 Å². The van der Waals surface area contributed by atoms with Crippen LogP contribution in [0.4, 0.5) is 0 Å². The first-order valence-corrected chi connectivity index (χ1v) is 10.5. The number of rotatable bonds is 2. The Morgan fingerprint density at radius 2 is 1.96 bits per heavy atom. The third kappa shape index (κ3) is 8.48. The van der Waals surface area contributed by atoms with Gasteiger partial charge >= 0.3 is 10.1 Å². The molecule has 1 aliphatic rings. The van der Waals surface area contributed by atoms with Crippen molar-refractivity contribution in [2.75, 3.05) is 6.26 Å². The summed E-state index contributed by atoms with van der Waals surface area (Å²) in [5.74, 6) is 1.58. The Morgan fingerprint density at radius 1 is 1.35 bits per heavy atom. The Kier molecular flexibility index (Phi) is 8.29. The third-order valence-corrected chi connectivity index (χ3v) is 3.85. The van der Waals surface area contributed by atoms with E-state index in [4.69, 9.17) is 4.74 Å². The van der Waals surface area contributed by atoms with Crippen molar-refractivity contribution < 1.29 is 22.1 Å². The van der Waals surface area contributed by atoms with Gasteiger partial charge < -0.3 is 14.1 Å². The number of halogens is 1. The Bertz CT molecular complexity index is 838. The van der Waals surface area contributed by atoms with Crippen LogP contribution in [0.2, 0.25) is 0 Å². The van der Waals surface area contributed by atoms with Crippen molar-refractivity contribution in [1.29, 1.82) is 0 Å². The van der Waals surface area contributed by atoms with E-state index in [1.54, 1.807) is 6.92 Å². The van der Waals surface area contributed by atoms with Crippen LogP contribution in [0.3, 0.4) is 0 Å². The van der Waals surface area contributed by atoms with E-state index in [-0.39, 0.29) is 5.88 Å². The van der Waals surface area contributed by atoms with Gasteiger partial charge in [0.25, 0.3) is 5.88 Å². The average Bonchev–Trinajstić information content (AvgIpc) is 2.89. The molecule has 1 aromatic carbocycles. The van der Waals surface area contributed by atoms with Gasteiger partial charge in [-0.25, -0.2) is 4.98 Å². The number of fused-ring (bicyclic) bond motifs is 2. The Balaban J connectivity index is 0.000000224. The Hall–Kier alpha value is -1.87. The van der Waals surface area contributed by atoms with Crippen molar-refractivity contribution in [2.45, 2.75) is 34.3 Å². The molecule has 0 unspecified atom stereocenters. The number of nitrogens with zero attached hydrogens (tertiary/aromatic N) is 2. The Morgan fingerprint density at radius 3 is 2.46 bits per heavy atom. The normalized spacial score (nSPS) is 11.7. The molecule has 7 nitrogen and oxygen atoms in total. The highest BCUT2D eigenvalue weighted by atomic mass is 79.9. The second kappa shape index (κ2) is 9.72. The lowest BCUT2D eigenvalue weighted by Gasteiger charge is -2.02. The van der Waals surface area contributed by atoms with Crippen LogP contribution in [-0.4, -0.2) is 19.7 Å². The molecular weight excluding hydrogens is 424 g/mol. The number of ether oxygens (including phenoxy) is 1. The van der Waals surface area contributed by atoms with Gasteiger partial charge in [-0.2, -0.15) is 13.1 Å². The van der Waals surface area contributed by atoms with Crippen LogP contribution in [0.25, 0.3) is 0 Å². The zero-order valence-electron chi connectivity index (χ0n) is 15.4. The van der Waals surface area contributed by atoms with Gasteiger partial charge in [-0.05, 0) is 24.1 Å². The predicted molar refractivity (Wildman–Crippen MR) is 102 cm³/mol. The third-order valence-electron chi connectivity index (χ3n) is 2.60. The number of hydrogen-bond acceptors (Lipinski definition) is 6. The fourth-order valence-corrected chi connectivity index (χ4v) is 2.32. The highest BCUT2D eigenvalue weighted by Crippen LogP contribution is 2.28. The summed E-state index contributed by atoms with van der Waals surface area (Å²) in [6.07, 6.45) is 3.06. The zero-order chi connectivity index (χ0) is 19.9. The Labute approximate surface area is 162 Å². The second-order valence-corrected chi connectivity index (χ2v) is 8.68. The molecule has 2 bridgehead atoms. The molecule has 0 saturated carbocycles. The van der Waals surface area contributed by atoms with Crippen molar-refractivity contribution in [3.05, 3.63) is 51.5 Å². The minimum absolute atomic E-state index is 0.233. The summed E-state index contributed by atoms with van der Waals surface area (Å²) >= 11 is 3.41. The van der Waals surface area contributed by atoms with Gasteiger partial charge in [-0.15, -0.1) is 0 Å². The van der Waals surface area contributed by atoms with Crippen molar-refractivity contribution >= 4 is 26.0 Å². The first-order valence-electron chi connectivity index (χ1n) is 7.84. The minimum Gasteiger partial charge on any atom is -0.618 e. The van der Waals surface area contributed by atoms with E-state index in [0.29, 0.717) is 10.4 Å². The molecule has 144 valence electrons.